The Kier molecular flexibility index (Phi) is 5.19. The third-order valence-electron chi connectivity index (χ3n) is 3.03. The Labute approximate surface area is 124 Å². The van der Waals surface area contributed by atoms with Crippen LogP contribution in [0, 0.1) is 6.92 Å². The van der Waals surface area contributed by atoms with Gasteiger partial charge in [0.2, 0.25) is 0 Å². The topological polar surface area (TPSA) is 26.3 Å². The van der Waals surface area contributed by atoms with Gasteiger partial charge in [0, 0.05) is 17.9 Å². The summed E-state index contributed by atoms with van der Waals surface area (Å²) in [5.74, 6) is 0.944. The zero-order valence-electron chi connectivity index (χ0n) is 11.4. The zero-order valence-corrected chi connectivity index (χ0v) is 12.2. The largest absolute Gasteiger partial charge is 0.493 e. The second-order valence-electron chi connectivity index (χ2n) is 4.71. The van der Waals surface area contributed by atoms with Crippen LogP contribution in [0.5, 0.6) is 5.75 Å². The van der Waals surface area contributed by atoms with Gasteiger partial charge in [-0.15, -0.1) is 0 Å². The summed E-state index contributed by atoms with van der Waals surface area (Å²) in [7, 11) is 0. The van der Waals surface area contributed by atoms with E-state index >= 15 is 0 Å². The highest BCUT2D eigenvalue weighted by Gasteiger charge is 2.06. The number of hydrogen-bond acceptors (Lipinski definition) is 2. The number of halogens is 1. The fourth-order valence-corrected chi connectivity index (χ4v) is 2.06. The van der Waals surface area contributed by atoms with Crippen LogP contribution in [-0.4, -0.2) is 12.4 Å². The summed E-state index contributed by atoms with van der Waals surface area (Å²) in [6, 6.07) is 15.2. The van der Waals surface area contributed by atoms with Gasteiger partial charge in [0.05, 0.1) is 6.61 Å². The molecule has 2 aromatic rings. The molecule has 2 aromatic carbocycles. The smallest absolute Gasteiger partial charge is 0.140 e. The van der Waals surface area contributed by atoms with E-state index in [1.165, 1.54) is 0 Å². The van der Waals surface area contributed by atoms with Gasteiger partial charge in [-0.05, 0) is 36.2 Å². The lowest BCUT2D eigenvalue weighted by molar-refractivity contribution is -0.118. The molecule has 2 nitrogen and oxygen atoms in total. The molecule has 2 rings (SSSR count). The lowest BCUT2D eigenvalue weighted by Gasteiger charge is -2.06. The Balaban J connectivity index is 1.79. The molecule has 0 aliphatic rings. The molecule has 0 fully saturated rings. The van der Waals surface area contributed by atoms with Crippen LogP contribution in [0.1, 0.15) is 17.5 Å². The van der Waals surface area contributed by atoms with Crippen molar-refractivity contribution < 1.29 is 9.53 Å². The number of Topliss-reactive ketones (excluding diaryl/α,β-unsaturated/α-hetero) is 1. The Bertz CT molecular complexity index is 579. The van der Waals surface area contributed by atoms with E-state index in [9.17, 15) is 4.79 Å². The van der Waals surface area contributed by atoms with E-state index in [-0.39, 0.29) is 5.78 Å². The molecule has 3 heteroatoms. The van der Waals surface area contributed by atoms with Crippen LogP contribution in [0.3, 0.4) is 0 Å². The second kappa shape index (κ2) is 7.11. The number of aryl methyl sites for hydroxylation is 1. The van der Waals surface area contributed by atoms with Gasteiger partial charge in [0.15, 0.2) is 0 Å². The molecule has 0 saturated carbocycles. The summed E-state index contributed by atoms with van der Waals surface area (Å²) in [6.07, 6.45) is 0.804. The van der Waals surface area contributed by atoms with Gasteiger partial charge >= 0.3 is 0 Å². The molecule has 0 aliphatic heterocycles. The lowest BCUT2D eigenvalue weighted by Crippen LogP contribution is -2.09. The van der Waals surface area contributed by atoms with Crippen molar-refractivity contribution in [2.75, 3.05) is 6.61 Å². The van der Waals surface area contributed by atoms with Crippen molar-refractivity contribution in [3.05, 3.63) is 64.7 Å². The van der Waals surface area contributed by atoms with Crippen LogP contribution in [0.4, 0.5) is 0 Å². The van der Waals surface area contributed by atoms with Crippen molar-refractivity contribution >= 4 is 17.4 Å². The van der Waals surface area contributed by atoms with E-state index in [1.54, 1.807) is 0 Å². The first-order valence-corrected chi connectivity index (χ1v) is 6.97. The third kappa shape index (κ3) is 4.39. The van der Waals surface area contributed by atoms with Crippen molar-refractivity contribution in [3.8, 4) is 5.75 Å². The average Bonchev–Trinajstić information content (AvgIpc) is 2.44. The summed E-state index contributed by atoms with van der Waals surface area (Å²) in [5.41, 5.74) is 1.97. The lowest BCUT2D eigenvalue weighted by atomic mass is 10.1. The first kappa shape index (κ1) is 14.6. The van der Waals surface area contributed by atoms with Gasteiger partial charge in [0.25, 0.3) is 0 Å². The van der Waals surface area contributed by atoms with Gasteiger partial charge in [-0.3, -0.25) is 4.79 Å². The molecule has 0 spiro atoms. The van der Waals surface area contributed by atoms with Crippen LogP contribution in [0.25, 0.3) is 0 Å². The molecule has 20 heavy (non-hydrogen) atoms. The maximum Gasteiger partial charge on any atom is 0.140 e. The molecule has 0 radical (unpaired) electrons. The molecule has 0 unspecified atom stereocenters. The molecule has 0 saturated heterocycles. The number of para-hydroxylation sites is 1. The molecule has 104 valence electrons. The van der Waals surface area contributed by atoms with Gasteiger partial charge in [-0.2, -0.15) is 0 Å². The normalized spacial score (nSPS) is 10.3. The maximum absolute atomic E-state index is 11.9. The summed E-state index contributed by atoms with van der Waals surface area (Å²) in [4.78, 5) is 11.9. The van der Waals surface area contributed by atoms with Gasteiger partial charge in [0.1, 0.15) is 11.5 Å². The van der Waals surface area contributed by atoms with Crippen molar-refractivity contribution in [2.45, 2.75) is 19.8 Å². The summed E-state index contributed by atoms with van der Waals surface area (Å²) < 4.78 is 5.51. The van der Waals surface area contributed by atoms with E-state index in [4.69, 9.17) is 16.3 Å². The van der Waals surface area contributed by atoms with Crippen molar-refractivity contribution in [1.29, 1.82) is 0 Å². The molecule has 0 amide bonds. The summed E-state index contributed by atoms with van der Waals surface area (Å²) >= 11 is 6.05. The Morgan fingerprint density at radius 3 is 2.60 bits per heavy atom. The molecule has 0 heterocycles. The monoisotopic (exact) mass is 288 g/mol. The summed E-state index contributed by atoms with van der Waals surface area (Å²) in [6.45, 7) is 2.35. The van der Waals surface area contributed by atoms with Crippen LogP contribution in [-0.2, 0) is 11.2 Å². The number of benzene rings is 2. The first-order chi connectivity index (χ1) is 9.65. The van der Waals surface area contributed by atoms with Gasteiger partial charge in [-0.1, -0.05) is 41.9 Å². The van der Waals surface area contributed by atoms with Crippen LogP contribution >= 0.6 is 11.6 Å². The molecule has 0 aliphatic carbocycles. The predicted octanol–water partition coefficient (Wildman–Crippen LogP) is 4.23. The summed E-state index contributed by atoms with van der Waals surface area (Å²) in [5, 5.41) is 0.704. The van der Waals surface area contributed by atoms with E-state index in [1.807, 2.05) is 55.5 Å². The third-order valence-corrected chi connectivity index (χ3v) is 3.44. The van der Waals surface area contributed by atoms with Crippen LogP contribution < -0.4 is 4.74 Å². The van der Waals surface area contributed by atoms with Gasteiger partial charge < -0.3 is 4.74 Å². The standard InChI is InChI=1S/C17H17ClO2/c1-13-7-8-14(12-17(13)18)11-15(19)9-10-20-16-5-3-2-4-6-16/h2-8,12H,9-11H2,1H3. The van der Waals surface area contributed by atoms with E-state index < -0.39 is 0 Å². The first-order valence-electron chi connectivity index (χ1n) is 6.60. The minimum Gasteiger partial charge on any atom is -0.493 e. The van der Waals surface area contributed by atoms with Crippen molar-refractivity contribution in [1.82, 2.24) is 0 Å². The van der Waals surface area contributed by atoms with E-state index in [2.05, 4.69) is 0 Å². The SMILES string of the molecule is Cc1ccc(CC(=O)CCOc2ccccc2)cc1Cl. The van der Waals surface area contributed by atoms with Gasteiger partial charge in [-0.25, -0.2) is 0 Å². The van der Waals surface area contributed by atoms with Crippen LogP contribution in [0.2, 0.25) is 5.02 Å². The van der Waals surface area contributed by atoms with Crippen LogP contribution in [0.15, 0.2) is 48.5 Å². The average molecular weight is 289 g/mol. The molecular weight excluding hydrogens is 272 g/mol. The second-order valence-corrected chi connectivity index (χ2v) is 5.12. The van der Waals surface area contributed by atoms with E-state index in [0.717, 1.165) is 16.9 Å². The Morgan fingerprint density at radius 2 is 1.90 bits per heavy atom. The minimum atomic E-state index is 0.154. The highest BCUT2D eigenvalue weighted by molar-refractivity contribution is 6.31. The Morgan fingerprint density at radius 1 is 1.15 bits per heavy atom. The minimum absolute atomic E-state index is 0.154. The fourth-order valence-electron chi connectivity index (χ4n) is 1.86. The number of rotatable bonds is 6. The highest BCUT2D eigenvalue weighted by Crippen LogP contribution is 2.17. The number of ether oxygens (including phenoxy) is 1. The van der Waals surface area contributed by atoms with E-state index in [0.29, 0.717) is 24.5 Å². The van der Waals surface area contributed by atoms with Crippen molar-refractivity contribution in [2.24, 2.45) is 0 Å². The maximum atomic E-state index is 11.9. The molecule has 0 bridgehead atoms. The van der Waals surface area contributed by atoms with Crippen molar-refractivity contribution in [3.63, 3.8) is 0 Å². The Hall–Kier alpha value is -1.80. The number of ketones is 1. The quantitative estimate of drug-likeness (QED) is 0.795. The number of carbonyl (C=O) groups excluding carboxylic acids is 1. The molecule has 0 N–H and O–H groups in total. The number of carbonyl (C=O) groups is 1. The molecule has 0 atom stereocenters. The number of hydrogen-bond donors (Lipinski definition) is 0. The predicted molar refractivity (Wildman–Crippen MR) is 81.5 cm³/mol. The molecule has 0 aromatic heterocycles. The fraction of sp³-hybridized carbons (Fsp3) is 0.235. The molecular formula is C17H17ClO2. The highest BCUT2D eigenvalue weighted by atomic mass is 35.5. The zero-order chi connectivity index (χ0) is 14.4.